The molecule has 5 rings (SSSR count). The third kappa shape index (κ3) is 4.15. The lowest BCUT2D eigenvalue weighted by molar-refractivity contribution is 0.103. The number of nitrogen functional groups attached to an aromatic ring is 1. The molecule has 0 fully saturated rings. The first-order chi connectivity index (χ1) is 16.0. The van der Waals surface area contributed by atoms with Gasteiger partial charge in [-0.25, -0.2) is 14.4 Å². The lowest BCUT2D eigenvalue weighted by Crippen LogP contribution is -2.11. The first-order valence-corrected chi connectivity index (χ1v) is 11.6. The van der Waals surface area contributed by atoms with Crippen molar-refractivity contribution in [3.63, 3.8) is 0 Å². The van der Waals surface area contributed by atoms with Crippen LogP contribution in [0.15, 0.2) is 66.0 Å². The molecule has 3 heterocycles. The number of benzene rings is 2. The Labute approximate surface area is 196 Å². The molecule has 5 aromatic rings. The fraction of sp³-hybridized carbons (Fsp3) is 0.0417. The van der Waals surface area contributed by atoms with Crippen molar-refractivity contribution in [3.05, 3.63) is 76.7 Å². The zero-order chi connectivity index (χ0) is 22.9. The Kier molecular flexibility index (Phi) is 5.49. The number of hydrogen-bond donors (Lipinski definition) is 2. The summed E-state index contributed by atoms with van der Waals surface area (Å²) < 4.78 is 18.4. The summed E-state index contributed by atoms with van der Waals surface area (Å²) in [5.41, 5.74) is 9.80. The Morgan fingerprint density at radius 2 is 1.67 bits per heavy atom. The molecular formula is C24H17FN4O2S2. The molecule has 3 N–H and O–H groups in total. The SMILES string of the molecule is COc1ccc(-c2ccc3c(N)c(C(=O)Nc4nc(-c5ccc(F)cc5)cs4)sc3n2)cc1. The molecule has 0 saturated carbocycles. The van der Waals surface area contributed by atoms with Crippen LogP contribution in [-0.2, 0) is 0 Å². The number of carbonyl (C=O) groups is 1. The molecule has 2 aromatic carbocycles. The van der Waals surface area contributed by atoms with Gasteiger partial charge in [-0.1, -0.05) is 0 Å². The lowest BCUT2D eigenvalue weighted by atomic mass is 10.1. The lowest BCUT2D eigenvalue weighted by Gasteiger charge is -2.03. The zero-order valence-electron chi connectivity index (χ0n) is 17.3. The predicted octanol–water partition coefficient (Wildman–Crippen LogP) is 6.07. The van der Waals surface area contributed by atoms with Crippen LogP contribution in [0.4, 0.5) is 15.2 Å². The largest absolute Gasteiger partial charge is 0.497 e. The van der Waals surface area contributed by atoms with E-state index in [9.17, 15) is 9.18 Å². The number of anilines is 2. The average Bonchev–Trinajstić information content (AvgIpc) is 3.44. The van der Waals surface area contributed by atoms with Gasteiger partial charge in [-0.05, 0) is 60.7 Å². The second-order valence-electron chi connectivity index (χ2n) is 7.12. The maximum absolute atomic E-state index is 13.1. The van der Waals surface area contributed by atoms with E-state index in [1.165, 1.54) is 34.8 Å². The number of hydrogen-bond acceptors (Lipinski definition) is 7. The van der Waals surface area contributed by atoms with E-state index in [2.05, 4.69) is 10.3 Å². The van der Waals surface area contributed by atoms with Gasteiger partial charge in [0.15, 0.2) is 5.13 Å². The fourth-order valence-electron chi connectivity index (χ4n) is 3.33. The molecule has 164 valence electrons. The van der Waals surface area contributed by atoms with E-state index < -0.39 is 0 Å². The summed E-state index contributed by atoms with van der Waals surface area (Å²) >= 11 is 2.52. The quantitative estimate of drug-likeness (QED) is 0.321. The highest BCUT2D eigenvalue weighted by Crippen LogP contribution is 2.35. The van der Waals surface area contributed by atoms with E-state index >= 15 is 0 Å². The van der Waals surface area contributed by atoms with Crippen LogP contribution >= 0.6 is 22.7 Å². The number of nitrogens with zero attached hydrogens (tertiary/aromatic N) is 2. The molecule has 0 aliphatic carbocycles. The van der Waals surface area contributed by atoms with E-state index in [1.807, 2.05) is 36.4 Å². The molecule has 9 heteroatoms. The number of amides is 1. The first kappa shape index (κ1) is 21.0. The van der Waals surface area contributed by atoms with Gasteiger partial charge in [0, 0.05) is 21.9 Å². The Morgan fingerprint density at radius 1 is 0.970 bits per heavy atom. The number of nitrogens with two attached hydrogens (primary N) is 1. The van der Waals surface area contributed by atoms with Gasteiger partial charge in [-0.2, -0.15) is 0 Å². The smallest absolute Gasteiger partial charge is 0.269 e. The van der Waals surface area contributed by atoms with Gasteiger partial charge in [-0.15, -0.1) is 22.7 Å². The molecule has 0 saturated heterocycles. The van der Waals surface area contributed by atoms with Gasteiger partial charge in [0.05, 0.1) is 24.2 Å². The van der Waals surface area contributed by atoms with Crippen molar-refractivity contribution < 1.29 is 13.9 Å². The van der Waals surface area contributed by atoms with Crippen molar-refractivity contribution >= 4 is 49.6 Å². The zero-order valence-corrected chi connectivity index (χ0v) is 19.0. The highest BCUT2D eigenvalue weighted by molar-refractivity contribution is 7.21. The number of thiophene rings is 1. The number of pyridine rings is 1. The minimum atomic E-state index is -0.346. The summed E-state index contributed by atoms with van der Waals surface area (Å²) in [6.45, 7) is 0. The molecule has 0 spiro atoms. The Hall–Kier alpha value is -3.82. The Balaban J connectivity index is 1.39. The molecule has 0 unspecified atom stereocenters. The summed E-state index contributed by atoms with van der Waals surface area (Å²) in [5.74, 6) is 0.108. The molecule has 0 aliphatic rings. The van der Waals surface area contributed by atoms with Gasteiger partial charge in [0.1, 0.15) is 21.3 Å². The van der Waals surface area contributed by atoms with Crippen molar-refractivity contribution in [1.29, 1.82) is 0 Å². The van der Waals surface area contributed by atoms with E-state index in [-0.39, 0.29) is 11.7 Å². The van der Waals surface area contributed by atoms with E-state index in [4.69, 9.17) is 15.5 Å². The number of ether oxygens (including phenoxy) is 1. The summed E-state index contributed by atoms with van der Waals surface area (Å²) in [7, 11) is 1.62. The summed E-state index contributed by atoms with van der Waals surface area (Å²) in [6, 6.07) is 17.4. The molecule has 0 radical (unpaired) electrons. The number of halogens is 1. The normalized spacial score (nSPS) is 11.0. The van der Waals surface area contributed by atoms with E-state index in [0.29, 0.717) is 26.2 Å². The number of nitrogens with one attached hydrogen (secondary N) is 1. The number of carbonyl (C=O) groups excluding carboxylic acids is 1. The number of thiazole rings is 1. The second kappa shape index (κ2) is 8.61. The molecule has 0 atom stereocenters. The van der Waals surface area contributed by atoms with Crippen LogP contribution in [0.1, 0.15) is 9.67 Å². The van der Waals surface area contributed by atoms with Crippen LogP contribution < -0.4 is 15.8 Å². The average molecular weight is 477 g/mol. The van der Waals surface area contributed by atoms with Gasteiger partial charge < -0.3 is 10.5 Å². The first-order valence-electron chi connectivity index (χ1n) is 9.88. The van der Waals surface area contributed by atoms with Crippen LogP contribution in [0.25, 0.3) is 32.7 Å². The number of methoxy groups -OCH3 is 1. The van der Waals surface area contributed by atoms with Crippen LogP contribution in [-0.4, -0.2) is 23.0 Å². The van der Waals surface area contributed by atoms with Crippen molar-refractivity contribution in [1.82, 2.24) is 9.97 Å². The van der Waals surface area contributed by atoms with Gasteiger partial charge in [0.2, 0.25) is 0 Å². The van der Waals surface area contributed by atoms with Crippen molar-refractivity contribution in [2.75, 3.05) is 18.2 Å². The Morgan fingerprint density at radius 3 is 2.39 bits per heavy atom. The van der Waals surface area contributed by atoms with Crippen molar-refractivity contribution in [2.24, 2.45) is 0 Å². The number of rotatable bonds is 5. The monoisotopic (exact) mass is 476 g/mol. The van der Waals surface area contributed by atoms with Crippen LogP contribution in [0.2, 0.25) is 0 Å². The van der Waals surface area contributed by atoms with Crippen LogP contribution in [0.5, 0.6) is 5.75 Å². The maximum atomic E-state index is 13.1. The fourth-order valence-corrected chi connectivity index (χ4v) is 5.03. The molecule has 1 amide bonds. The molecule has 6 nitrogen and oxygen atoms in total. The number of aromatic nitrogens is 2. The Bertz CT molecular complexity index is 1460. The summed E-state index contributed by atoms with van der Waals surface area (Å²) in [4.78, 5) is 23.1. The molecule has 3 aromatic heterocycles. The van der Waals surface area contributed by atoms with Crippen LogP contribution in [0.3, 0.4) is 0 Å². The minimum absolute atomic E-state index is 0.313. The van der Waals surface area contributed by atoms with Gasteiger partial charge >= 0.3 is 0 Å². The third-order valence-corrected chi connectivity index (χ3v) is 6.92. The molecule has 33 heavy (non-hydrogen) atoms. The molecule has 0 bridgehead atoms. The third-order valence-electron chi connectivity index (χ3n) is 5.05. The molecule has 0 aliphatic heterocycles. The topological polar surface area (TPSA) is 90.1 Å². The van der Waals surface area contributed by atoms with Crippen molar-refractivity contribution in [3.8, 4) is 28.3 Å². The standard InChI is InChI=1S/C24H17FN4O2S2/c1-31-16-8-4-13(5-9-16)18-11-10-17-20(26)21(33-23(17)27-18)22(30)29-24-28-19(12-32-24)14-2-6-15(25)7-3-14/h2-12H,26H2,1H3,(H,28,29,30). The summed E-state index contributed by atoms with van der Waals surface area (Å²) in [6.07, 6.45) is 0. The maximum Gasteiger partial charge on any atom is 0.269 e. The van der Waals surface area contributed by atoms with Crippen molar-refractivity contribution in [2.45, 2.75) is 0 Å². The van der Waals surface area contributed by atoms with E-state index in [1.54, 1.807) is 24.6 Å². The highest BCUT2D eigenvalue weighted by atomic mass is 32.1. The second-order valence-corrected chi connectivity index (χ2v) is 8.98. The number of fused-ring (bicyclic) bond motifs is 1. The van der Waals surface area contributed by atoms with Gasteiger partial charge in [0.25, 0.3) is 5.91 Å². The van der Waals surface area contributed by atoms with E-state index in [0.717, 1.165) is 28.0 Å². The predicted molar refractivity (Wildman–Crippen MR) is 131 cm³/mol. The van der Waals surface area contributed by atoms with Gasteiger partial charge in [-0.3, -0.25) is 10.1 Å². The molecular weight excluding hydrogens is 459 g/mol. The summed E-state index contributed by atoms with van der Waals surface area (Å²) in [5, 5.41) is 5.77. The van der Waals surface area contributed by atoms with Crippen LogP contribution in [0, 0.1) is 5.82 Å². The highest BCUT2D eigenvalue weighted by Gasteiger charge is 2.19. The minimum Gasteiger partial charge on any atom is -0.497 e.